The van der Waals surface area contributed by atoms with Crippen LogP contribution in [0.2, 0.25) is 0 Å². The molecule has 0 N–H and O–H groups in total. The fraction of sp³-hybridized carbons (Fsp3) is 0.400. The summed E-state index contributed by atoms with van der Waals surface area (Å²) in [7, 11) is 0. The van der Waals surface area contributed by atoms with E-state index in [1.54, 1.807) is 11.3 Å². The minimum atomic E-state index is 0.192. The van der Waals surface area contributed by atoms with Crippen molar-refractivity contribution in [3.05, 3.63) is 38.8 Å². The molecule has 2 aromatic rings. The second-order valence-corrected chi connectivity index (χ2v) is 7.38. The lowest BCUT2D eigenvalue weighted by atomic mass is 9.84. The molecule has 1 nitrogen and oxygen atoms in total. The number of benzene rings is 1. The molecule has 3 heteroatoms. The Hall–Kier alpha value is -0.670. The molecule has 0 spiro atoms. The first kappa shape index (κ1) is 13.8. The Bertz CT molecular complexity index is 555. The van der Waals surface area contributed by atoms with Crippen LogP contribution in [-0.2, 0) is 5.41 Å². The van der Waals surface area contributed by atoms with Gasteiger partial charge >= 0.3 is 0 Å². The van der Waals surface area contributed by atoms with E-state index in [0.29, 0.717) is 0 Å². The standard InChI is InChI=1S/C15H18BrNS/c1-9-6-11(15(3,4)5)7-10(2)13(9)14-17-12(16)8-18-14/h6-8H,1-5H3. The zero-order valence-electron chi connectivity index (χ0n) is 11.5. The molecule has 1 aromatic carbocycles. The highest BCUT2D eigenvalue weighted by Gasteiger charge is 2.17. The third kappa shape index (κ3) is 2.67. The van der Waals surface area contributed by atoms with E-state index in [4.69, 9.17) is 0 Å². The van der Waals surface area contributed by atoms with Gasteiger partial charge in [-0.1, -0.05) is 32.9 Å². The van der Waals surface area contributed by atoms with Crippen molar-refractivity contribution < 1.29 is 0 Å². The second kappa shape index (κ2) is 4.78. The number of halogens is 1. The van der Waals surface area contributed by atoms with E-state index in [2.05, 4.69) is 67.7 Å². The summed E-state index contributed by atoms with van der Waals surface area (Å²) >= 11 is 5.11. The van der Waals surface area contributed by atoms with Crippen LogP contribution in [0.5, 0.6) is 0 Å². The first-order chi connectivity index (χ1) is 8.29. The van der Waals surface area contributed by atoms with Crippen LogP contribution in [-0.4, -0.2) is 4.98 Å². The predicted molar refractivity (Wildman–Crippen MR) is 83.4 cm³/mol. The van der Waals surface area contributed by atoms with Crippen molar-refractivity contribution in [2.45, 2.75) is 40.0 Å². The van der Waals surface area contributed by atoms with Gasteiger partial charge in [0.1, 0.15) is 9.61 Å². The van der Waals surface area contributed by atoms with E-state index in [0.717, 1.165) is 9.61 Å². The third-order valence-corrected chi connectivity index (χ3v) is 4.66. The summed E-state index contributed by atoms with van der Waals surface area (Å²) in [5.74, 6) is 0. The van der Waals surface area contributed by atoms with Crippen molar-refractivity contribution in [2.24, 2.45) is 0 Å². The van der Waals surface area contributed by atoms with Crippen LogP contribution in [0.15, 0.2) is 22.1 Å². The molecule has 0 fully saturated rings. The SMILES string of the molecule is Cc1cc(C(C)(C)C)cc(C)c1-c1nc(Br)cs1. The van der Waals surface area contributed by atoms with Crippen molar-refractivity contribution in [3.63, 3.8) is 0 Å². The zero-order chi connectivity index (χ0) is 13.5. The van der Waals surface area contributed by atoms with Crippen LogP contribution in [0.25, 0.3) is 10.6 Å². The highest BCUT2D eigenvalue weighted by atomic mass is 79.9. The van der Waals surface area contributed by atoms with E-state index < -0.39 is 0 Å². The largest absolute Gasteiger partial charge is 0.229 e. The summed E-state index contributed by atoms with van der Waals surface area (Å²) < 4.78 is 0.918. The minimum Gasteiger partial charge on any atom is -0.229 e. The molecule has 0 atom stereocenters. The molecule has 0 unspecified atom stereocenters. The molecule has 0 amide bonds. The number of hydrogen-bond donors (Lipinski definition) is 0. The van der Waals surface area contributed by atoms with Gasteiger partial charge in [0.15, 0.2) is 0 Å². The van der Waals surface area contributed by atoms with Gasteiger partial charge in [0.2, 0.25) is 0 Å². The molecule has 0 bridgehead atoms. The molecule has 0 saturated carbocycles. The van der Waals surface area contributed by atoms with Crippen LogP contribution < -0.4 is 0 Å². The molecule has 0 saturated heterocycles. The molecule has 2 rings (SSSR count). The highest BCUT2D eigenvalue weighted by molar-refractivity contribution is 9.10. The van der Waals surface area contributed by atoms with E-state index in [1.165, 1.54) is 22.3 Å². The van der Waals surface area contributed by atoms with Crippen molar-refractivity contribution in [1.29, 1.82) is 0 Å². The molecule has 0 radical (unpaired) electrons. The smallest absolute Gasteiger partial charge is 0.125 e. The normalized spacial score (nSPS) is 11.9. The second-order valence-electron chi connectivity index (χ2n) is 5.71. The molecular formula is C15H18BrNS. The van der Waals surface area contributed by atoms with Gasteiger partial charge in [-0.15, -0.1) is 11.3 Å². The van der Waals surface area contributed by atoms with Gasteiger partial charge in [-0.05, 0) is 51.9 Å². The van der Waals surface area contributed by atoms with Gasteiger partial charge in [0, 0.05) is 10.9 Å². The molecule has 1 heterocycles. The van der Waals surface area contributed by atoms with Crippen molar-refractivity contribution in [2.75, 3.05) is 0 Å². The number of nitrogens with zero attached hydrogens (tertiary/aromatic N) is 1. The lowest BCUT2D eigenvalue weighted by Gasteiger charge is -2.21. The van der Waals surface area contributed by atoms with E-state index in [1.807, 2.05) is 5.38 Å². The first-order valence-electron chi connectivity index (χ1n) is 6.02. The molecule has 0 aliphatic carbocycles. The molecule has 18 heavy (non-hydrogen) atoms. The first-order valence-corrected chi connectivity index (χ1v) is 7.69. The van der Waals surface area contributed by atoms with E-state index in [9.17, 15) is 0 Å². The van der Waals surface area contributed by atoms with Gasteiger partial charge in [-0.25, -0.2) is 4.98 Å². The fourth-order valence-corrected chi connectivity index (χ4v) is 3.53. The van der Waals surface area contributed by atoms with Crippen LogP contribution in [0.4, 0.5) is 0 Å². The van der Waals surface area contributed by atoms with E-state index >= 15 is 0 Å². The Morgan fingerprint density at radius 2 is 1.67 bits per heavy atom. The van der Waals surface area contributed by atoms with Crippen molar-refractivity contribution in [3.8, 4) is 10.6 Å². The van der Waals surface area contributed by atoms with Gasteiger partial charge in [-0.3, -0.25) is 0 Å². The molecular weight excluding hydrogens is 306 g/mol. The van der Waals surface area contributed by atoms with Gasteiger partial charge in [0.25, 0.3) is 0 Å². The molecule has 0 aliphatic rings. The maximum absolute atomic E-state index is 4.53. The van der Waals surface area contributed by atoms with Crippen LogP contribution in [0, 0.1) is 13.8 Å². The Morgan fingerprint density at radius 3 is 2.06 bits per heavy atom. The van der Waals surface area contributed by atoms with Gasteiger partial charge in [-0.2, -0.15) is 0 Å². The maximum atomic E-state index is 4.53. The molecule has 1 aromatic heterocycles. The van der Waals surface area contributed by atoms with Gasteiger partial charge < -0.3 is 0 Å². The topological polar surface area (TPSA) is 12.9 Å². The number of rotatable bonds is 1. The zero-order valence-corrected chi connectivity index (χ0v) is 13.9. The summed E-state index contributed by atoms with van der Waals surface area (Å²) in [6, 6.07) is 4.58. The summed E-state index contributed by atoms with van der Waals surface area (Å²) in [6.07, 6.45) is 0. The van der Waals surface area contributed by atoms with Crippen LogP contribution in [0.1, 0.15) is 37.5 Å². The summed E-state index contributed by atoms with van der Waals surface area (Å²) in [5.41, 5.74) is 5.47. The predicted octanol–water partition coefficient (Wildman–Crippen LogP) is 5.49. The van der Waals surface area contributed by atoms with Gasteiger partial charge in [0.05, 0.1) is 0 Å². The number of aromatic nitrogens is 1. The Balaban J connectivity index is 2.58. The molecule has 0 aliphatic heterocycles. The van der Waals surface area contributed by atoms with Crippen molar-refractivity contribution >= 4 is 27.3 Å². The van der Waals surface area contributed by atoms with Crippen molar-refractivity contribution in [1.82, 2.24) is 4.98 Å². The summed E-state index contributed by atoms with van der Waals surface area (Å²) in [5, 5.41) is 3.13. The number of hydrogen-bond acceptors (Lipinski definition) is 2. The molecule has 96 valence electrons. The fourth-order valence-electron chi connectivity index (χ4n) is 2.10. The number of aryl methyl sites for hydroxylation is 2. The number of thiazole rings is 1. The minimum absolute atomic E-state index is 0.192. The lowest BCUT2D eigenvalue weighted by molar-refractivity contribution is 0.589. The quantitative estimate of drug-likeness (QED) is 0.676. The monoisotopic (exact) mass is 323 g/mol. The Morgan fingerprint density at radius 1 is 1.11 bits per heavy atom. The summed E-state index contributed by atoms with van der Waals surface area (Å²) in [6.45, 7) is 11.1. The maximum Gasteiger partial charge on any atom is 0.125 e. The lowest BCUT2D eigenvalue weighted by Crippen LogP contribution is -2.12. The summed E-state index contributed by atoms with van der Waals surface area (Å²) in [4.78, 5) is 4.53. The Kier molecular flexibility index (Phi) is 3.65. The highest BCUT2D eigenvalue weighted by Crippen LogP contribution is 2.34. The average Bonchev–Trinajstić information content (AvgIpc) is 2.62. The Labute approximate surface area is 121 Å². The van der Waals surface area contributed by atoms with Crippen LogP contribution >= 0.6 is 27.3 Å². The third-order valence-electron chi connectivity index (χ3n) is 3.09. The van der Waals surface area contributed by atoms with Crippen LogP contribution in [0.3, 0.4) is 0 Å². The average molecular weight is 324 g/mol. The van der Waals surface area contributed by atoms with E-state index in [-0.39, 0.29) is 5.41 Å².